The van der Waals surface area contributed by atoms with Gasteiger partial charge in [-0.2, -0.15) is 0 Å². The largest absolute Gasteiger partial charge is 0.399 e. The predicted molar refractivity (Wildman–Crippen MR) is 110 cm³/mol. The van der Waals surface area contributed by atoms with E-state index in [0.29, 0.717) is 28.1 Å². The lowest BCUT2D eigenvalue weighted by Crippen LogP contribution is -2.24. The van der Waals surface area contributed by atoms with Crippen LogP contribution in [0.15, 0.2) is 71.6 Å². The van der Waals surface area contributed by atoms with Crippen LogP contribution in [0.25, 0.3) is 0 Å². The molecule has 6 heteroatoms. The maximum absolute atomic E-state index is 12.9. The van der Waals surface area contributed by atoms with E-state index < -0.39 is 0 Å². The van der Waals surface area contributed by atoms with Crippen LogP contribution in [0, 0.1) is 0 Å². The highest BCUT2D eigenvalue weighted by molar-refractivity contribution is 8.00. The van der Waals surface area contributed by atoms with E-state index in [0.717, 1.165) is 4.90 Å². The zero-order valence-electron chi connectivity index (χ0n) is 14.8. The first-order chi connectivity index (χ1) is 13.5. The van der Waals surface area contributed by atoms with Crippen LogP contribution in [-0.2, 0) is 4.79 Å². The van der Waals surface area contributed by atoms with Gasteiger partial charge in [-0.3, -0.25) is 14.4 Å². The SMILES string of the molecule is Nc1ccc(SCC(=O)Nc2cccc3c2C(=O)c2ccccc2C3=O)cc1. The topological polar surface area (TPSA) is 89.3 Å². The molecule has 0 bridgehead atoms. The molecular formula is C22H16N2O3S. The minimum Gasteiger partial charge on any atom is -0.399 e. The van der Waals surface area contributed by atoms with Crippen LogP contribution in [0.1, 0.15) is 31.8 Å². The number of fused-ring (bicyclic) bond motifs is 2. The van der Waals surface area contributed by atoms with Gasteiger partial charge in [-0.25, -0.2) is 0 Å². The molecular weight excluding hydrogens is 372 g/mol. The van der Waals surface area contributed by atoms with Gasteiger partial charge in [0, 0.05) is 27.3 Å². The van der Waals surface area contributed by atoms with Gasteiger partial charge in [-0.15, -0.1) is 11.8 Å². The van der Waals surface area contributed by atoms with E-state index >= 15 is 0 Å². The van der Waals surface area contributed by atoms with Crippen LogP contribution in [0.4, 0.5) is 11.4 Å². The Bertz CT molecular complexity index is 1110. The Hall–Kier alpha value is -3.38. The van der Waals surface area contributed by atoms with Crippen molar-refractivity contribution in [2.45, 2.75) is 4.90 Å². The molecule has 0 radical (unpaired) electrons. The first-order valence-electron chi connectivity index (χ1n) is 8.64. The molecule has 3 N–H and O–H groups in total. The van der Waals surface area contributed by atoms with E-state index in [-0.39, 0.29) is 28.8 Å². The Kier molecular flexibility index (Phi) is 4.71. The van der Waals surface area contributed by atoms with Gasteiger partial charge in [0.1, 0.15) is 0 Å². The van der Waals surface area contributed by atoms with Crippen molar-refractivity contribution in [3.8, 4) is 0 Å². The van der Waals surface area contributed by atoms with E-state index in [1.54, 1.807) is 54.6 Å². The van der Waals surface area contributed by atoms with Crippen LogP contribution in [0.5, 0.6) is 0 Å². The standard InChI is InChI=1S/C22H16N2O3S/c23-13-8-10-14(11-9-13)28-12-19(25)24-18-7-3-6-17-20(18)22(27)16-5-2-1-4-15(16)21(17)26/h1-11H,12,23H2,(H,24,25). The van der Waals surface area contributed by atoms with E-state index in [9.17, 15) is 14.4 Å². The maximum Gasteiger partial charge on any atom is 0.234 e. The van der Waals surface area contributed by atoms with Gasteiger partial charge < -0.3 is 11.1 Å². The van der Waals surface area contributed by atoms with Gasteiger partial charge in [0.25, 0.3) is 0 Å². The molecule has 0 atom stereocenters. The number of hydrogen-bond donors (Lipinski definition) is 2. The van der Waals surface area contributed by atoms with Crippen molar-refractivity contribution in [2.75, 3.05) is 16.8 Å². The minimum absolute atomic E-state index is 0.173. The second kappa shape index (κ2) is 7.32. The summed E-state index contributed by atoms with van der Waals surface area (Å²) in [5.74, 6) is -0.550. The van der Waals surface area contributed by atoms with Gasteiger partial charge >= 0.3 is 0 Å². The second-order valence-electron chi connectivity index (χ2n) is 6.34. The molecule has 1 amide bonds. The quantitative estimate of drug-likeness (QED) is 0.410. The number of carbonyl (C=O) groups is 3. The third kappa shape index (κ3) is 3.30. The van der Waals surface area contributed by atoms with Crippen molar-refractivity contribution in [2.24, 2.45) is 0 Å². The molecule has 0 unspecified atom stereocenters. The number of nitrogens with two attached hydrogens (primary N) is 1. The fraction of sp³-hybridized carbons (Fsp3) is 0.0455. The Balaban J connectivity index is 1.56. The number of nitrogens with one attached hydrogen (secondary N) is 1. The third-order valence-electron chi connectivity index (χ3n) is 4.48. The highest BCUT2D eigenvalue weighted by Gasteiger charge is 2.31. The third-order valence-corrected chi connectivity index (χ3v) is 5.49. The molecule has 0 aromatic heterocycles. The minimum atomic E-state index is -0.257. The Labute approximate surface area is 165 Å². The van der Waals surface area contributed by atoms with Crippen molar-refractivity contribution < 1.29 is 14.4 Å². The van der Waals surface area contributed by atoms with Crippen LogP contribution in [-0.4, -0.2) is 23.2 Å². The van der Waals surface area contributed by atoms with E-state index in [1.165, 1.54) is 11.8 Å². The van der Waals surface area contributed by atoms with Crippen LogP contribution < -0.4 is 11.1 Å². The number of amides is 1. The van der Waals surface area contributed by atoms with Crippen molar-refractivity contribution in [1.82, 2.24) is 0 Å². The van der Waals surface area contributed by atoms with Crippen molar-refractivity contribution in [3.05, 3.63) is 89.0 Å². The number of carbonyl (C=O) groups excluding carboxylic acids is 3. The van der Waals surface area contributed by atoms with Gasteiger partial charge in [-0.05, 0) is 30.3 Å². The number of thioether (sulfide) groups is 1. The van der Waals surface area contributed by atoms with Crippen molar-refractivity contribution in [3.63, 3.8) is 0 Å². The molecule has 3 aromatic rings. The Morgan fingerprint density at radius 2 is 1.46 bits per heavy atom. The summed E-state index contributed by atoms with van der Waals surface area (Å²) in [7, 11) is 0. The number of anilines is 2. The summed E-state index contributed by atoms with van der Waals surface area (Å²) in [4.78, 5) is 39.0. The number of ketones is 2. The molecule has 4 rings (SSSR count). The number of benzene rings is 3. The molecule has 3 aromatic carbocycles. The average molecular weight is 388 g/mol. The van der Waals surface area contributed by atoms with Crippen LogP contribution >= 0.6 is 11.8 Å². The highest BCUT2D eigenvalue weighted by atomic mass is 32.2. The predicted octanol–water partition coefficient (Wildman–Crippen LogP) is 3.78. The summed E-state index contributed by atoms with van der Waals surface area (Å²) in [6, 6.07) is 18.9. The zero-order chi connectivity index (χ0) is 19.7. The monoisotopic (exact) mass is 388 g/mol. The molecule has 0 saturated heterocycles. The molecule has 0 spiro atoms. The highest BCUT2D eigenvalue weighted by Crippen LogP contribution is 2.32. The van der Waals surface area contributed by atoms with E-state index in [4.69, 9.17) is 5.73 Å². The lowest BCUT2D eigenvalue weighted by atomic mass is 9.83. The summed E-state index contributed by atoms with van der Waals surface area (Å²) >= 11 is 1.36. The molecule has 1 aliphatic rings. The summed E-state index contributed by atoms with van der Waals surface area (Å²) in [6.45, 7) is 0. The van der Waals surface area contributed by atoms with Gasteiger partial charge in [0.2, 0.25) is 5.91 Å². The number of rotatable bonds is 4. The first kappa shape index (κ1) is 18.0. The smallest absolute Gasteiger partial charge is 0.234 e. The fourth-order valence-corrected chi connectivity index (χ4v) is 3.85. The van der Waals surface area contributed by atoms with Crippen molar-refractivity contribution >= 4 is 40.6 Å². The van der Waals surface area contributed by atoms with E-state index in [1.807, 2.05) is 12.1 Å². The summed E-state index contributed by atoms with van der Waals surface area (Å²) < 4.78 is 0. The number of nitrogen functional groups attached to an aromatic ring is 1. The maximum atomic E-state index is 12.9. The van der Waals surface area contributed by atoms with Crippen molar-refractivity contribution in [1.29, 1.82) is 0 Å². The molecule has 0 saturated carbocycles. The fourth-order valence-electron chi connectivity index (χ4n) is 3.15. The first-order valence-corrected chi connectivity index (χ1v) is 9.63. The normalized spacial score (nSPS) is 12.3. The Morgan fingerprint density at radius 1 is 0.821 bits per heavy atom. The molecule has 0 fully saturated rings. The lowest BCUT2D eigenvalue weighted by molar-refractivity contribution is -0.113. The number of hydrogen-bond acceptors (Lipinski definition) is 5. The average Bonchev–Trinajstić information content (AvgIpc) is 2.71. The van der Waals surface area contributed by atoms with Gasteiger partial charge in [-0.1, -0.05) is 36.4 Å². The molecule has 28 heavy (non-hydrogen) atoms. The zero-order valence-corrected chi connectivity index (χ0v) is 15.6. The summed E-state index contributed by atoms with van der Waals surface area (Å²) in [6.07, 6.45) is 0. The van der Waals surface area contributed by atoms with E-state index in [2.05, 4.69) is 5.32 Å². The lowest BCUT2D eigenvalue weighted by Gasteiger charge is -2.20. The van der Waals surface area contributed by atoms with Crippen LogP contribution in [0.2, 0.25) is 0 Å². The molecule has 5 nitrogen and oxygen atoms in total. The van der Waals surface area contributed by atoms with Gasteiger partial charge in [0.15, 0.2) is 11.6 Å². The Morgan fingerprint density at radius 3 is 2.18 bits per heavy atom. The van der Waals surface area contributed by atoms with Crippen LogP contribution in [0.3, 0.4) is 0 Å². The molecule has 0 aliphatic heterocycles. The summed E-state index contributed by atoms with van der Waals surface area (Å²) in [5, 5.41) is 2.78. The van der Waals surface area contributed by atoms with Gasteiger partial charge in [0.05, 0.1) is 17.0 Å². The molecule has 138 valence electrons. The molecule has 1 aliphatic carbocycles. The second-order valence-corrected chi connectivity index (χ2v) is 7.39. The molecule has 0 heterocycles. The summed E-state index contributed by atoms with van der Waals surface area (Å²) in [5.41, 5.74) is 7.99.